The molecular weight excluding hydrogens is 203 g/mol. The lowest BCUT2D eigenvalue weighted by Crippen LogP contribution is -1.65. The molecule has 0 bridgehead atoms. The van der Waals surface area contributed by atoms with Gasteiger partial charge in [0.2, 0.25) is 0 Å². The van der Waals surface area contributed by atoms with Gasteiger partial charge in [0.1, 0.15) is 0 Å². The summed E-state index contributed by atoms with van der Waals surface area (Å²) in [6, 6.07) is 4.66. The molecule has 0 fully saturated rings. The highest BCUT2D eigenvalue weighted by molar-refractivity contribution is 9.10. The van der Waals surface area contributed by atoms with Crippen molar-refractivity contribution in [2.24, 2.45) is 0 Å². The first-order valence-electron chi connectivity index (χ1n) is 2.32. The Morgan fingerprint density at radius 1 is 1.44 bits per heavy atom. The van der Waals surface area contributed by atoms with E-state index < -0.39 is 0 Å². The fraction of sp³-hybridized carbons (Fsp3) is 0. The van der Waals surface area contributed by atoms with E-state index in [1.165, 1.54) is 6.07 Å². The average Bonchev–Trinajstić information content (AvgIpc) is 1.80. The normalized spacial score (nSPS) is 9.56. The lowest BCUT2D eigenvalue weighted by atomic mass is 10.3. The Kier molecular flexibility index (Phi) is 1.98. The van der Waals surface area contributed by atoms with Gasteiger partial charge >= 0.3 is 0 Å². The third kappa shape index (κ3) is 1.60. The van der Waals surface area contributed by atoms with Crippen molar-refractivity contribution in [2.45, 2.75) is 0 Å². The van der Waals surface area contributed by atoms with E-state index in [0.717, 1.165) is 4.47 Å². The third-order valence-electron chi connectivity index (χ3n) is 0.894. The minimum atomic E-state index is -0.139. The Morgan fingerprint density at radius 2 is 2.11 bits per heavy atom. The summed E-state index contributed by atoms with van der Waals surface area (Å²) in [4.78, 5) is 0. The number of rotatable bonds is 0. The zero-order valence-electron chi connectivity index (χ0n) is 4.40. The molecule has 0 aliphatic heterocycles. The average molecular weight is 206 g/mol. The Bertz CT molecular complexity index is 224. The third-order valence-corrected chi connectivity index (χ3v) is 1.68. The van der Waals surface area contributed by atoms with Gasteiger partial charge in [-0.3, -0.25) is 5.11 Å². The second-order valence-corrected chi connectivity index (χ2v) is 2.90. The molecule has 1 aromatic carbocycles. The smallest absolute Gasteiger partial charge is 0.197 e. The Balaban J connectivity index is 3.17. The van der Waals surface area contributed by atoms with Gasteiger partial charge in [0.05, 0.1) is 5.02 Å². The quantitative estimate of drug-likeness (QED) is 0.621. The van der Waals surface area contributed by atoms with Gasteiger partial charge in [0.15, 0.2) is 5.75 Å². The van der Waals surface area contributed by atoms with Gasteiger partial charge in [0, 0.05) is 4.47 Å². The number of hydrogen-bond donors (Lipinski definition) is 0. The summed E-state index contributed by atoms with van der Waals surface area (Å²) in [5.41, 5.74) is 0. The van der Waals surface area contributed by atoms with Crippen LogP contribution in [0.5, 0.6) is 5.75 Å². The minimum absolute atomic E-state index is 0.139. The summed E-state index contributed by atoms with van der Waals surface area (Å²) >= 11 is 8.64. The number of hydrogen-bond acceptors (Lipinski definition) is 0. The summed E-state index contributed by atoms with van der Waals surface area (Å²) in [6.07, 6.45) is 0. The Hall–Kier alpha value is -0.210. The molecule has 0 heterocycles. The summed E-state index contributed by atoms with van der Waals surface area (Å²) in [5.74, 6) is -0.139. The standard InChI is InChI=1S/C6H3BrClO/c7-4-1-2-6(9)5(8)3-4/h1-3H. The van der Waals surface area contributed by atoms with Gasteiger partial charge in [-0.05, 0) is 18.2 Å². The van der Waals surface area contributed by atoms with Crippen molar-refractivity contribution in [2.75, 3.05) is 0 Å². The lowest BCUT2D eigenvalue weighted by Gasteiger charge is -1.90. The van der Waals surface area contributed by atoms with E-state index in [0.29, 0.717) is 0 Å². The first-order chi connectivity index (χ1) is 4.20. The van der Waals surface area contributed by atoms with Crippen LogP contribution in [0.3, 0.4) is 0 Å². The summed E-state index contributed by atoms with van der Waals surface area (Å²) in [6.45, 7) is 0. The van der Waals surface area contributed by atoms with Crippen LogP contribution in [-0.2, 0) is 5.11 Å². The zero-order chi connectivity index (χ0) is 6.85. The SMILES string of the molecule is [O]c1ccc(Br)cc1Cl. The molecule has 9 heavy (non-hydrogen) atoms. The predicted molar refractivity (Wildman–Crippen MR) is 39.3 cm³/mol. The number of benzene rings is 1. The summed E-state index contributed by atoms with van der Waals surface area (Å²) in [7, 11) is 0. The van der Waals surface area contributed by atoms with Crippen molar-refractivity contribution in [1.29, 1.82) is 0 Å². The first kappa shape index (κ1) is 6.90. The molecule has 0 spiro atoms. The fourth-order valence-electron chi connectivity index (χ4n) is 0.475. The monoisotopic (exact) mass is 205 g/mol. The van der Waals surface area contributed by atoms with Crippen LogP contribution in [0.15, 0.2) is 22.7 Å². The number of halogens is 2. The van der Waals surface area contributed by atoms with E-state index in [9.17, 15) is 5.11 Å². The highest BCUT2D eigenvalue weighted by Gasteiger charge is 1.97. The molecule has 0 aliphatic rings. The second kappa shape index (κ2) is 2.58. The molecule has 0 unspecified atom stereocenters. The van der Waals surface area contributed by atoms with Gasteiger partial charge in [-0.2, -0.15) is 0 Å². The maximum atomic E-state index is 10.6. The highest BCUT2D eigenvalue weighted by Crippen LogP contribution is 2.26. The molecule has 1 aromatic rings. The van der Waals surface area contributed by atoms with Crippen LogP contribution < -0.4 is 0 Å². The Labute approximate surface area is 66.4 Å². The molecule has 0 aromatic heterocycles. The van der Waals surface area contributed by atoms with E-state index in [2.05, 4.69) is 15.9 Å². The molecule has 0 aliphatic carbocycles. The summed E-state index contributed by atoms with van der Waals surface area (Å²) in [5, 5.41) is 10.9. The van der Waals surface area contributed by atoms with E-state index in [4.69, 9.17) is 11.6 Å². The molecule has 0 saturated carbocycles. The van der Waals surface area contributed by atoms with Crippen molar-refractivity contribution >= 4 is 27.5 Å². The molecule has 0 N–H and O–H groups in total. The van der Waals surface area contributed by atoms with Crippen LogP contribution in [0.2, 0.25) is 5.02 Å². The molecule has 3 heteroatoms. The van der Waals surface area contributed by atoms with Crippen molar-refractivity contribution in [3.05, 3.63) is 27.7 Å². The van der Waals surface area contributed by atoms with E-state index in [1.807, 2.05) is 0 Å². The van der Waals surface area contributed by atoms with E-state index in [-0.39, 0.29) is 10.8 Å². The van der Waals surface area contributed by atoms with E-state index >= 15 is 0 Å². The topological polar surface area (TPSA) is 19.9 Å². The van der Waals surface area contributed by atoms with Crippen LogP contribution in [0.4, 0.5) is 0 Å². The largest absolute Gasteiger partial charge is 0.288 e. The molecule has 1 nitrogen and oxygen atoms in total. The molecule has 1 rings (SSSR count). The molecule has 1 radical (unpaired) electrons. The first-order valence-corrected chi connectivity index (χ1v) is 3.49. The van der Waals surface area contributed by atoms with Crippen molar-refractivity contribution in [3.8, 4) is 5.75 Å². The van der Waals surface area contributed by atoms with Gasteiger partial charge < -0.3 is 0 Å². The zero-order valence-corrected chi connectivity index (χ0v) is 6.74. The molecule has 0 saturated heterocycles. The van der Waals surface area contributed by atoms with Crippen molar-refractivity contribution < 1.29 is 5.11 Å². The summed E-state index contributed by atoms with van der Waals surface area (Å²) < 4.78 is 0.826. The molecule has 0 atom stereocenters. The van der Waals surface area contributed by atoms with Crippen LogP contribution in [-0.4, -0.2) is 0 Å². The van der Waals surface area contributed by atoms with Crippen molar-refractivity contribution in [1.82, 2.24) is 0 Å². The molecule has 47 valence electrons. The minimum Gasteiger partial charge on any atom is -0.288 e. The molecule has 0 amide bonds. The Morgan fingerprint density at radius 3 is 2.56 bits per heavy atom. The molecular formula is C6H3BrClO. The van der Waals surface area contributed by atoms with Gasteiger partial charge in [0.25, 0.3) is 0 Å². The van der Waals surface area contributed by atoms with Gasteiger partial charge in [-0.25, -0.2) is 0 Å². The van der Waals surface area contributed by atoms with Crippen LogP contribution in [0.25, 0.3) is 0 Å². The van der Waals surface area contributed by atoms with Crippen molar-refractivity contribution in [3.63, 3.8) is 0 Å². The fourth-order valence-corrected chi connectivity index (χ4v) is 1.15. The van der Waals surface area contributed by atoms with Crippen LogP contribution in [0.1, 0.15) is 0 Å². The maximum Gasteiger partial charge on any atom is 0.197 e. The van der Waals surface area contributed by atoms with Crippen LogP contribution in [0, 0.1) is 0 Å². The predicted octanol–water partition coefficient (Wildman–Crippen LogP) is 3.25. The van der Waals surface area contributed by atoms with Gasteiger partial charge in [-0.15, -0.1) is 0 Å². The van der Waals surface area contributed by atoms with E-state index in [1.54, 1.807) is 12.1 Å². The van der Waals surface area contributed by atoms with Crippen LogP contribution >= 0.6 is 27.5 Å². The van der Waals surface area contributed by atoms with Gasteiger partial charge in [-0.1, -0.05) is 27.5 Å². The maximum absolute atomic E-state index is 10.6. The second-order valence-electron chi connectivity index (χ2n) is 1.57. The highest BCUT2D eigenvalue weighted by atomic mass is 79.9. The lowest BCUT2D eigenvalue weighted by molar-refractivity contribution is 0.355.